The van der Waals surface area contributed by atoms with E-state index in [1.54, 1.807) is 18.2 Å². The van der Waals surface area contributed by atoms with Gasteiger partial charge in [-0.2, -0.15) is 0 Å². The second-order valence-electron chi connectivity index (χ2n) is 7.10. The van der Waals surface area contributed by atoms with Crippen LogP contribution in [0.3, 0.4) is 0 Å². The van der Waals surface area contributed by atoms with Gasteiger partial charge in [-0.25, -0.2) is 9.78 Å². The van der Waals surface area contributed by atoms with Crippen molar-refractivity contribution < 1.29 is 9.53 Å². The third kappa shape index (κ3) is 2.76. The summed E-state index contributed by atoms with van der Waals surface area (Å²) >= 11 is 6.48. The van der Waals surface area contributed by atoms with E-state index < -0.39 is 0 Å². The molecule has 2 heterocycles. The highest BCUT2D eigenvalue weighted by molar-refractivity contribution is 6.35. The van der Waals surface area contributed by atoms with Crippen LogP contribution in [0.25, 0.3) is 32.6 Å². The second kappa shape index (κ2) is 6.61. The number of aryl methyl sites for hydroxylation is 2. The summed E-state index contributed by atoms with van der Waals surface area (Å²) in [6.45, 7) is 4.11. The van der Waals surface area contributed by atoms with Gasteiger partial charge < -0.3 is 9.72 Å². The number of hydrogen-bond acceptors (Lipinski definition) is 3. The summed E-state index contributed by atoms with van der Waals surface area (Å²) in [5.74, 6) is 0.105. The number of aromatic amines is 1. The molecule has 5 heteroatoms. The molecule has 29 heavy (non-hydrogen) atoms. The fourth-order valence-corrected chi connectivity index (χ4v) is 4.28. The van der Waals surface area contributed by atoms with E-state index >= 15 is 0 Å². The highest BCUT2D eigenvalue weighted by Crippen LogP contribution is 2.39. The first-order chi connectivity index (χ1) is 14.0. The number of H-pyrrole nitrogens is 1. The average Bonchev–Trinajstić information content (AvgIpc) is 3.12. The minimum absolute atomic E-state index is 0.384. The number of fused-ring (bicyclic) bond motifs is 4. The Balaban J connectivity index is 1.71. The molecule has 0 amide bonds. The molecule has 5 aromatic rings. The normalized spacial score (nSPS) is 11.4. The van der Waals surface area contributed by atoms with Crippen LogP contribution in [-0.2, 0) is 0 Å². The second-order valence-corrected chi connectivity index (χ2v) is 7.48. The van der Waals surface area contributed by atoms with E-state index in [4.69, 9.17) is 21.3 Å². The Morgan fingerprint density at radius 1 is 0.966 bits per heavy atom. The zero-order chi connectivity index (χ0) is 20.1. The van der Waals surface area contributed by atoms with E-state index in [1.165, 1.54) is 0 Å². The molecular weight excluding hydrogens is 384 g/mol. The lowest BCUT2D eigenvalue weighted by atomic mass is 9.97. The Kier molecular flexibility index (Phi) is 4.03. The quantitative estimate of drug-likeness (QED) is 0.213. The van der Waals surface area contributed by atoms with Gasteiger partial charge in [0, 0.05) is 22.4 Å². The number of rotatable bonds is 2. The van der Waals surface area contributed by atoms with Crippen LogP contribution in [0, 0.1) is 13.8 Å². The number of nitrogens with one attached hydrogen (secondary N) is 1. The average molecular weight is 401 g/mol. The van der Waals surface area contributed by atoms with Crippen LogP contribution in [0.2, 0.25) is 5.15 Å². The summed E-state index contributed by atoms with van der Waals surface area (Å²) in [4.78, 5) is 20.4. The lowest BCUT2D eigenvalue weighted by Gasteiger charge is -2.10. The smallest absolute Gasteiger partial charge is 0.343 e. The minimum Gasteiger partial charge on any atom is -0.423 e. The van der Waals surface area contributed by atoms with Gasteiger partial charge in [0.2, 0.25) is 0 Å². The molecule has 0 bridgehead atoms. The molecular formula is C24H17ClN2O2. The molecule has 0 saturated carbocycles. The topological polar surface area (TPSA) is 55.0 Å². The third-order valence-corrected chi connectivity index (χ3v) is 5.68. The minimum atomic E-state index is -0.384. The van der Waals surface area contributed by atoms with E-state index in [9.17, 15) is 4.79 Å². The van der Waals surface area contributed by atoms with E-state index in [-0.39, 0.29) is 5.97 Å². The Morgan fingerprint density at radius 3 is 2.55 bits per heavy atom. The van der Waals surface area contributed by atoms with Crippen LogP contribution in [0.15, 0.2) is 60.8 Å². The molecule has 0 atom stereocenters. The van der Waals surface area contributed by atoms with Crippen LogP contribution in [-0.4, -0.2) is 15.9 Å². The van der Waals surface area contributed by atoms with Crippen molar-refractivity contribution in [2.45, 2.75) is 13.8 Å². The van der Waals surface area contributed by atoms with E-state index in [0.29, 0.717) is 16.5 Å². The van der Waals surface area contributed by atoms with Gasteiger partial charge in [-0.05, 0) is 66.8 Å². The van der Waals surface area contributed by atoms with Crippen molar-refractivity contribution in [3.05, 3.63) is 82.6 Å². The standard InChI is InChI=1S/C24H17ClN2O2/c1-13-17-10-11-26-23(25)21(17)14(2)20-18-12-16(8-9-19(18)27-22(13)20)29-24(28)15-6-4-3-5-7-15/h3-12,26H,1-2H3. The van der Waals surface area contributed by atoms with E-state index in [1.807, 2.05) is 49.5 Å². The maximum atomic E-state index is 12.4. The molecule has 2 aromatic heterocycles. The molecule has 0 radical (unpaired) electrons. The number of esters is 1. The summed E-state index contributed by atoms with van der Waals surface area (Å²) in [7, 11) is 0. The number of halogens is 1. The SMILES string of the molecule is Cc1c2cc[nH]c(Cl)c2c(C)c2c1nc1ccc(OC(=O)c3ccccc3)cc12. The highest BCUT2D eigenvalue weighted by atomic mass is 35.5. The Morgan fingerprint density at radius 2 is 1.76 bits per heavy atom. The van der Waals surface area contributed by atoms with Crippen molar-refractivity contribution in [3.63, 3.8) is 0 Å². The maximum absolute atomic E-state index is 12.4. The number of pyridine rings is 1. The molecule has 0 aliphatic carbocycles. The van der Waals surface area contributed by atoms with Gasteiger partial charge in [-0.15, -0.1) is 0 Å². The Hall–Kier alpha value is -3.37. The molecule has 142 valence electrons. The lowest BCUT2D eigenvalue weighted by Crippen LogP contribution is -2.07. The van der Waals surface area contributed by atoms with Gasteiger partial charge >= 0.3 is 5.97 Å². The van der Waals surface area contributed by atoms with Crippen molar-refractivity contribution in [2.24, 2.45) is 0 Å². The number of hydrogen-bond donors (Lipinski definition) is 1. The summed E-state index contributed by atoms with van der Waals surface area (Å²) in [6.07, 6.45) is 1.84. The Labute approximate surface area is 172 Å². The molecule has 0 aliphatic rings. The number of carbonyl (C=O) groups excluding carboxylic acids is 1. The molecule has 0 spiro atoms. The van der Waals surface area contributed by atoms with E-state index in [2.05, 4.69) is 11.9 Å². The lowest BCUT2D eigenvalue weighted by molar-refractivity contribution is 0.0735. The zero-order valence-electron chi connectivity index (χ0n) is 15.9. The molecule has 0 fully saturated rings. The predicted octanol–water partition coefficient (Wildman–Crippen LogP) is 6.36. The fraction of sp³-hybridized carbons (Fsp3) is 0.0833. The van der Waals surface area contributed by atoms with Gasteiger partial charge in [0.15, 0.2) is 0 Å². The van der Waals surface area contributed by atoms with Gasteiger partial charge in [-0.1, -0.05) is 29.8 Å². The molecule has 3 aromatic carbocycles. The molecule has 4 nitrogen and oxygen atoms in total. The monoisotopic (exact) mass is 400 g/mol. The number of benzene rings is 3. The van der Waals surface area contributed by atoms with Gasteiger partial charge in [0.1, 0.15) is 10.9 Å². The first-order valence-electron chi connectivity index (χ1n) is 9.31. The van der Waals surface area contributed by atoms with Crippen molar-refractivity contribution in [2.75, 3.05) is 0 Å². The molecule has 0 saturated heterocycles. The number of ether oxygens (including phenoxy) is 1. The maximum Gasteiger partial charge on any atom is 0.343 e. The summed E-state index contributed by atoms with van der Waals surface area (Å²) in [5.41, 5.74) is 4.45. The third-order valence-electron chi connectivity index (χ3n) is 5.38. The summed E-state index contributed by atoms with van der Waals surface area (Å²) in [5, 5.41) is 4.65. The molecule has 5 rings (SSSR count). The summed E-state index contributed by atoms with van der Waals surface area (Å²) < 4.78 is 5.61. The molecule has 0 aliphatic heterocycles. The molecule has 1 N–H and O–H groups in total. The summed E-state index contributed by atoms with van der Waals surface area (Å²) in [6, 6.07) is 16.5. The predicted molar refractivity (Wildman–Crippen MR) is 117 cm³/mol. The van der Waals surface area contributed by atoms with Crippen LogP contribution in [0.1, 0.15) is 21.5 Å². The van der Waals surface area contributed by atoms with Crippen molar-refractivity contribution in [3.8, 4) is 5.75 Å². The first kappa shape index (κ1) is 17.7. The fourth-order valence-electron chi connectivity index (χ4n) is 3.98. The van der Waals surface area contributed by atoms with Crippen LogP contribution < -0.4 is 4.74 Å². The highest BCUT2D eigenvalue weighted by Gasteiger charge is 2.18. The van der Waals surface area contributed by atoms with Gasteiger partial charge in [0.25, 0.3) is 0 Å². The number of aromatic nitrogens is 2. The largest absolute Gasteiger partial charge is 0.423 e. The van der Waals surface area contributed by atoms with E-state index in [0.717, 1.165) is 43.7 Å². The first-order valence-corrected chi connectivity index (χ1v) is 9.69. The van der Waals surface area contributed by atoms with Gasteiger partial charge in [-0.3, -0.25) is 0 Å². The van der Waals surface area contributed by atoms with Crippen molar-refractivity contribution in [1.82, 2.24) is 9.97 Å². The van der Waals surface area contributed by atoms with Crippen molar-refractivity contribution in [1.29, 1.82) is 0 Å². The zero-order valence-corrected chi connectivity index (χ0v) is 16.7. The van der Waals surface area contributed by atoms with Crippen LogP contribution >= 0.6 is 11.6 Å². The number of nitrogens with zero attached hydrogens (tertiary/aromatic N) is 1. The van der Waals surface area contributed by atoms with Crippen LogP contribution in [0.5, 0.6) is 5.75 Å². The molecule has 0 unspecified atom stereocenters. The van der Waals surface area contributed by atoms with Crippen molar-refractivity contribution >= 4 is 50.1 Å². The number of carbonyl (C=O) groups is 1. The van der Waals surface area contributed by atoms with Crippen LogP contribution in [0.4, 0.5) is 0 Å². The Bertz CT molecular complexity index is 1420. The van der Waals surface area contributed by atoms with Gasteiger partial charge in [0.05, 0.1) is 16.6 Å².